The quantitative estimate of drug-likeness (QED) is 0.760. The molecule has 17 heavy (non-hydrogen) atoms. The molecule has 0 fully saturated rings. The Morgan fingerprint density at radius 2 is 2.18 bits per heavy atom. The molecule has 0 aliphatic rings. The third-order valence-electron chi connectivity index (χ3n) is 2.50. The highest BCUT2D eigenvalue weighted by Gasteiger charge is 2.07. The molecule has 0 heterocycles. The first-order valence-corrected chi connectivity index (χ1v) is 6.62. The standard InChI is InChI=1S/C13H19NO2S/c1-4-5-6-7-14-10-8-11(15)12(16-2)9-13(10)17-3/h3,8-9,14-15H,4-7H2,1-2H3. The zero-order chi connectivity index (χ0) is 12.7. The van der Waals surface area contributed by atoms with Gasteiger partial charge in [0.25, 0.3) is 0 Å². The zero-order valence-electron chi connectivity index (χ0n) is 10.3. The number of ether oxygens (including phenoxy) is 1. The summed E-state index contributed by atoms with van der Waals surface area (Å²) in [7, 11) is 1.52. The number of unbranched alkanes of at least 4 members (excludes halogenated alkanes) is 2. The Bertz CT molecular complexity index is 413. The van der Waals surface area contributed by atoms with Gasteiger partial charge in [-0.05, 0) is 6.42 Å². The van der Waals surface area contributed by atoms with E-state index in [-0.39, 0.29) is 5.75 Å². The van der Waals surface area contributed by atoms with Gasteiger partial charge in [-0.3, -0.25) is 0 Å². The van der Waals surface area contributed by atoms with Crippen molar-refractivity contribution in [2.45, 2.75) is 31.1 Å². The number of hydrogen-bond donors (Lipinski definition) is 2. The minimum absolute atomic E-state index is 0.128. The van der Waals surface area contributed by atoms with E-state index in [4.69, 9.17) is 10.4 Å². The number of rotatable bonds is 6. The third-order valence-corrected chi connectivity index (χ3v) is 3.10. The van der Waals surface area contributed by atoms with Crippen LogP contribution in [0.4, 0.5) is 5.69 Å². The monoisotopic (exact) mass is 253 g/mol. The number of hydrogen-bond acceptors (Lipinski definition) is 3. The van der Waals surface area contributed by atoms with Crippen molar-refractivity contribution in [2.75, 3.05) is 19.0 Å². The highest BCUT2D eigenvalue weighted by molar-refractivity contribution is 7.88. The van der Waals surface area contributed by atoms with Gasteiger partial charge >= 0.3 is 0 Å². The van der Waals surface area contributed by atoms with Crippen LogP contribution in [0.15, 0.2) is 17.0 Å². The molecule has 0 spiro atoms. The van der Waals surface area contributed by atoms with E-state index < -0.39 is 0 Å². The lowest BCUT2D eigenvalue weighted by Crippen LogP contribution is -2.02. The van der Waals surface area contributed by atoms with Crippen molar-refractivity contribution in [2.24, 2.45) is 0 Å². The fourth-order valence-electron chi connectivity index (χ4n) is 1.55. The molecule has 2 N–H and O–H groups in total. The Morgan fingerprint density at radius 3 is 2.76 bits per heavy atom. The summed E-state index contributed by atoms with van der Waals surface area (Å²) in [6, 6.07) is 3.39. The number of phenols is 1. The number of nitrogens with one attached hydrogen (secondary N) is 1. The van der Waals surface area contributed by atoms with E-state index in [0.717, 1.165) is 34.7 Å². The highest BCUT2D eigenvalue weighted by Crippen LogP contribution is 2.34. The topological polar surface area (TPSA) is 41.5 Å². The van der Waals surface area contributed by atoms with Gasteiger partial charge in [-0.2, -0.15) is 0 Å². The molecule has 0 unspecified atom stereocenters. The Morgan fingerprint density at radius 1 is 1.41 bits per heavy atom. The van der Waals surface area contributed by atoms with Crippen molar-refractivity contribution in [3.05, 3.63) is 12.1 Å². The van der Waals surface area contributed by atoms with E-state index in [2.05, 4.69) is 12.2 Å². The molecule has 1 aromatic carbocycles. The summed E-state index contributed by atoms with van der Waals surface area (Å²) in [4.78, 5) is 0.871. The van der Waals surface area contributed by atoms with Crippen molar-refractivity contribution >= 4 is 16.9 Å². The van der Waals surface area contributed by atoms with E-state index in [1.165, 1.54) is 20.0 Å². The first-order valence-electron chi connectivity index (χ1n) is 5.74. The molecule has 0 saturated heterocycles. The van der Waals surface area contributed by atoms with Crippen LogP contribution >= 0.6 is 11.2 Å². The first-order chi connectivity index (χ1) is 8.22. The molecule has 0 aliphatic heterocycles. The Hall–Kier alpha value is -1.38. The third kappa shape index (κ3) is 3.84. The van der Waals surface area contributed by atoms with Crippen LogP contribution in [0.25, 0.3) is 0 Å². The molecule has 94 valence electrons. The Balaban J connectivity index is 2.77. The van der Waals surface area contributed by atoms with Crippen LogP contribution < -0.4 is 10.1 Å². The van der Waals surface area contributed by atoms with Crippen LogP contribution in [-0.4, -0.2) is 18.8 Å². The van der Waals surface area contributed by atoms with Crippen molar-refractivity contribution in [1.29, 1.82) is 0 Å². The zero-order valence-corrected chi connectivity index (χ0v) is 11.1. The lowest BCUT2D eigenvalue weighted by molar-refractivity contribution is 0.372. The average molecular weight is 253 g/mol. The Kier molecular flexibility index (Phi) is 5.67. The van der Waals surface area contributed by atoms with Crippen LogP contribution in [-0.2, 0) is 0 Å². The van der Waals surface area contributed by atoms with E-state index in [1.54, 1.807) is 12.1 Å². The van der Waals surface area contributed by atoms with Gasteiger partial charge in [0.2, 0.25) is 0 Å². The maximum Gasteiger partial charge on any atom is 0.162 e. The second-order valence-corrected chi connectivity index (χ2v) is 4.45. The van der Waals surface area contributed by atoms with Crippen molar-refractivity contribution in [3.8, 4) is 17.2 Å². The van der Waals surface area contributed by atoms with Gasteiger partial charge in [0, 0.05) is 18.7 Å². The normalized spacial score (nSPS) is 9.94. The van der Waals surface area contributed by atoms with E-state index in [1.807, 2.05) is 0 Å². The van der Waals surface area contributed by atoms with Gasteiger partial charge in [-0.1, -0.05) is 30.9 Å². The summed E-state index contributed by atoms with van der Waals surface area (Å²) in [5.74, 6) is 0.570. The fraction of sp³-hybridized carbons (Fsp3) is 0.462. The molecule has 0 radical (unpaired) electrons. The van der Waals surface area contributed by atoms with Crippen LogP contribution in [0.5, 0.6) is 11.5 Å². The van der Waals surface area contributed by atoms with E-state index >= 15 is 0 Å². The summed E-state index contributed by atoms with van der Waals surface area (Å²) in [6.07, 6.45) is 3.49. The van der Waals surface area contributed by atoms with E-state index in [0.29, 0.717) is 5.75 Å². The first kappa shape index (κ1) is 13.7. The average Bonchev–Trinajstić information content (AvgIpc) is 2.35. The lowest BCUT2D eigenvalue weighted by Gasteiger charge is -2.11. The lowest BCUT2D eigenvalue weighted by atomic mass is 10.2. The maximum absolute atomic E-state index is 9.70. The van der Waals surface area contributed by atoms with Crippen LogP contribution in [0.3, 0.4) is 0 Å². The number of phenolic OH excluding ortho intramolecular Hbond substituents is 1. The fourth-order valence-corrected chi connectivity index (χ4v) is 1.98. The molecular weight excluding hydrogens is 234 g/mol. The second-order valence-electron chi connectivity index (χ2n) is 3.77. The maximum atomic E-state index is 9.70. The summed E-state index contributed by atoms with van der Waals surface area (Å²) >= 11 is 1.14. The molecule has 0 bridgehead atoms. The van der Waals surface area contributed by atoms with Crippen molar-refractivity contribution in [1.82, 2.24) is 0 Å². The summed E-state index contributed by atoms with van der Waals surface area (Å²) in [6.45, 7) is 3.05. The van der Waals surface area contributed by atoms with Gasteiger partial charge in [0.15, 0.2) is 11.5 Å². The van der Waals surface area contributed by atoms with Gasteiger partial charge in [0.05, 0.1) is 17.7 Å². The number of aromatic hydroxyl groups is 1. The van der Waals surface area contributed by atoms with Gasteiger partial charge in [0.1, 0.15) is 0 Å². The molecule has 0 saturated carbocycles. The highest BCUT2D eigenvalue weighted by atomic mass is 32.1. The SMILES string of the molecule is C#Sc1cc(OC)c(O)cc1NCCCCC. The predicted molar refractivity (Wildman–Crippen MR) is 73.5 cm³/mol. The number of methoxy groups -OCH3 is 1. The molecule has 0 atom stereocenters. The van der Waals surface area contributed by atoms with Crippen LogP contribution in [0, 0.1) is 5.69 Å². The summed E-state index contributed by atoms with van der Waals surface area (Å²) in [5.41, 5.74) is 6.45. The minimum atomic E-state index is 0.128. The largest absolute Gasteiger partial charge is 0.504 e. The molecule has 0 aromatic heterocycles. The minimum Gasteiger partial charge on any atom is -0.504 e. The molecule has 4 heteroatoms. The molecule has 1 rings (SSSR count). The second kappa shape index (κ2) is 7.05. The van der Waals surface area contributed by atoms with Gasteiger partial charge in [-0.15, -0.1) is 5.69 Å². The van der Waals surface area contributed by atoms with Crippen LogP contribution in [0.2, 0.25) is 0 Å². The number of benzene rings is 1. The molecule has 1 aromatic rings. The van der Waals surface area contributed by atoms with Crippen molar-refractivity contribution in [3.63, 3.8) is 0 Å². The smallest absolute Gasteiger partial charge is 0.162 e. The van der Waals surface area contributed by atoms with Crippen LogP contribution in [0.1, 0.15) is 26.2 Å². The number of anilines is 1. The Labute approximate surface area is 106 Å². The molecule has 3 nitrogen and oxygen atoms in total. The van der Waals surface area contributed by atoms with Gasteiger partial charge < -0.3 is 15.2 Å². The summed E-state index contributed by atoms with van der Waals surface area (Å²) in [5, 5.41) is 13.0. The predicted octanol–water partition coefficient (Wildman–Crippen LogP) is 3.68. The van der Waals surface area contributed by atoms with E-state index in [9.17, 15) is 5.11 Å². The summed E-state index contributed by atoms with van der Waals surface area (Å²) < 4.78 is 5.04. The van der Waals surface area contributed by atoms with Gasteiger partial charge in [-0.25, -0.2) is 0 Å². The molecule has 0 amide bonds. The van der Waals surface area contributed by atoms with Crippen molar-refractivity contribution < 1.29 is 9.84 Å². The molecular formula is C13H19NO2S. The molecule has 0 aliphatic carbocycles.